The van der Waals surface area contributed by atoms with Crippen molar-refractivity contribution in [3.05, 3.63) is 53.8 Å². The van der Waals surface area contributed by atoms with Crippen molar-refractivity contribution in [2.45, 2.75) is 48.7 Å². The van der Waals surface area contributed by atoms with E-state index in [9.17, 15) is 13.7 Å². The summed E-state index contributed by atoms with van der Waals surface area (Å²) in [6, 6.07) is 12.0. The van der Waals surface area contributed by atoms with Crippen LogP contribution in [0.5, 0.6) is 11.8 Å². The highest BCUT2D eigenvalue weighted by atomic mass is 32.2. The molecule has 4 aromatic rings. The third kappa shape index (κ3) is 4.72. The molecule has 4 saturated heterocycles. The van der Waals surface area contributed by atoms with Gasteiger partial charge in [0.25, 0.3) is 0 Å². The number of alkyl halides is 1. The van der Waals surface area contributed by atoms with Crippen molar-refractivity contribution >= 4 is 38.3 Å². The molecule has 0 radical (unpaired) electrons. The van der Waals surface area contributed by atoms with Gasteiger partial charge in [0.2, 0.25) is 0 Å². The van der Waals surface area contributed by atoms with Gasteiger partial charge in [-0.1, -0.05) is 24.1 Å². The molecule has 0 aliphatic carbocycles. The fourth-order valence-electron chi connectivity index (χ4n) is 8.02. The molecule has 11 heteroatoms. The maximum Gasteiger partial charge on any atom is 0.319 e. The normalized spacial score (nSPS) is 25.8. The number of terminal acetylenes is 1. The van der Waals surface area contributed by atoms with E-state index in [0.29, 0.717) is 84.4 Å². The van der Waals surface area contributed by atoms with Gasteiger partial charge in [0.15, 0.2) is 5.82 Å². The molecule has 0 amide bonds. The van der Waals surface area contributed by atoms with Gasteiger partial charge in [-0.3, -0.25) is 9.11 Å². The van der Waals surface area contributed by atoms with E-state index in [1.807, 2.05) is 11.0 Å². The van der Waals surface area contributed by atoms with Gasteiger partial charge in [0.1, 0.15) is 34.8 Å². The monoisotopic (exact) mass is 644 g/mol. The summed E-state index contributed by atoms with van der Waals surface area (Å²) in [6.07, 6.45) is 8.21. The second-order valence-electron chi connectivity index (χ2n) is 12.9. The van der Waals surface area contributed by atoms with E-state index in [-0.39, 0.29) is 29.4 Å². The van der Waals surface area contributed by atoms with Gasteiger partial charge in [-0.25, -0.2) is 8.78 Å². The van der Waals surface area contributed by atoms with Crippen LogP contribution in [0.15, 0.2) is 42.5 Å². The number of phenolic OH excluding ortho intramolecular Hbond substituents is 1. The lowest BCUT2D eigenvalue weighted by Gasteiger charge is -2.38. The molecule has 1 spiro atoms. The molecule has 1 aromatic heterocycles. The van der Waals surface area contributed by atoms with Crippen molar-refractivity contribution < 1.29 is 27.6 Å². The lowest BCUT2D eigenvalue weighted by atomic mass is 9.93. The smallest absolute Gasteiger partial charge is 0.319 e. The Labute approximate surface area is 268 Å². The minimum atomic E-state index is -1.06. The van der Waals surface area contributed by atoms with Crippen LogP contribution < -0.4 is 9.64 Å². The minimum Gasteiger partial charge on any atom is -0.508 e. The van der Waals surface area contributed by atoms with E-state index in [1.165, 1.54) is 6.07 Å². The van der Waals surface area contributed by atoms with E-state index in [0.717, 1.165) is 19.4 Å². The Morgan fingerprint density at radius 1 is 1.13 bits per heavy atom. The van der Waals surface area contributed by atoms with E-state index in [1.54, 1.807) is 30.3 Å². The number of ether oxygens (including phenoxy) is 2. The number of hydrogen-bond donors (Lipinski definition) is 1. The van der Waals surface area contributed by atoms with Gasteiger partial charge in [0, 0.05) is 66.5 Å². The number of piperidine rings is 1. The van der Waals surface area contributed by atoms with Crippen molar-refractivity contribution in [3.63, 3.8) is 0 Å². The topological polar surface area (TPSA) is 88.0 Å². The molecule has 8 nitrogen and oxygen atoms in total. The van der Waals surface area contributed by atoms with Crippen LogP contribution in [0.25, 0.3) is 32.8 Å². The molecule has 4 aliphatic rings. The summed E-state index contributed by atoms with van der Waals surface area (Å²) in [6.45, 7) is 2.94. The maximum absolute atomic E-state index is 16.9. The average molecular weight is 645 g/mol. The Kier molecular flexibility index (Phi) is 7.16. The maximum atomic E-state index is 16.9. The van der Waals surface area contributed by atoms with Gasteiger partial charge in [0.05, 0.1) is 22.9 Å². The highest BCUT2D eigenvalue weighted by molar-refractivity contribution is 7.86. The van der Waals surface area contributed by atoms with Gasteiger partial charge in [-0.15, -0.1) is 6.42 Å². The molecule has 1 N–H and O–H groups in total. The zero-order valence-corrected chi connectivity index (χ0v) is 26.1. The van der Waals surface area contributed by atoms with Crippen molar-refractivity contribution in [2.24, 2.45) is 0 Å². The first kappa shape index (κ1) is 29.5. The number of rotatable bonds is 5. The van der Waals surface area contributed by atoms with E-state index in [2.05, 4.69) is 15.8 Å². The second kappa shape index (κ2) is 11.1. The molecule has 1 unspecified atom stereocenters. The number of phenols is 1. The number of benzene rings is 3. The molecule has 4 fully saturated rings. The Balaban J connectivity index is 1.24. The fourth-order valence-corrected chi connectivity index (χ4v) is 9.48. The second-order valence-corrected chi connectivity index (χ2v) is 14.7. The Morgan fingerprint density at radius 2 is 1.98 bits per heavy atom. The molecule has 46 heavy (non-hydrogen) atoms. The van der Waals surface area contributed by atoms with Crippen LogP contribution in [0.3, 0.4) is 0 Å². The molecule has 8 rings (SSSR count). The van der Waals surface area contributed by atoms with Crippen molar-refractivity contribution in [1.82, 2.24) is 14.9 Å². The number of aromatic nitrogens is 2. The first-order chi connectivity index (χ1) is 22.3. The fraction of sp³-hybridized carbons (Fsp3) is 0.429. The molecule has 4 aliphatic heterocycles. The largest absolute Gasteiger partial charge is 0.508 e. The SMILES string of the molecule is C#Cc1cccc2cc(O)cc(-c3ccc4c(N5CCC6(CC5)OCCS6=O)nc(OC[C@@]56CCCN5C[C@H](F)C6)nc4c3F)c12. The van der Waals surface area contributed by atoms with Crippen LogP contribution in [0, 0.1) is 18.2 Å². The van der Waals surface area contributed by atoms with Crippen LogP contribution >= 0.6 is 0 Å². The average Bonchev–Trinajstić information content (AvgIpc) is 3.71. The van der Waals surface area contributed by atoms with Crippen LogP contribution in [-0.4, -0.2) is 86.0 Å². The third-order valence-corrected chi connectivity index (χ3v) is 12.2. The highest BCUT2D eigenvalue weighted by Gasteiger charge is 2.49. The molecule has 238 valence electrons. The minimum absolute atomic E-state index is 0.0135. The number of halogens is 2. The Morgan fingerprint density at radius 3 is 2.76 bits per heavy atom. The summed E-state index contributed by atoms with van der Waals surface area (Å²) in [5.41, 5.74) is 0.911. The zero-order valence-electron chi connectivity index (χ0n) is 25.3. The van der Waals surface area contributed by atoms with Gasteiger partial charge < -0.3 is 19.5 Å². The summed E-state index contributed by atoms with van der Waals surface area (Å²) in [7, 11) is -1.06. The van der Waals surface area contributed by atoms with E-state index in [4.69, 9.17) is 20.9 Å². The van der Waals surface area contributed by atoms with E-state index < -0.39 is 33.3 Å². The Bertz CT molecular complexity index is 1940. The predicted molar refractivity (Wildman–Crippen MR) is 174 cm³/mol. The first-order valence-corrected chi connectivity index (χ1v) is 17.1. The number of fused-ring (bicyclic) bond motifs is 3. The molecule has 5 heterocycles. The summed E-state index contributed by atoms with van der Waals surface area (Å²) in [5.74, 6) is 3.13. The zero-order chi connectivity index (χ0) is 31.6. The number of hydrogen-bond acceptors (Lipinski definition) is 8. The van der Waals surface area contributed by atoms with Crippen LogP contribution in [0.1, 0.15) is 37.7 Å². The third-order valence-electron chi connectivity index (χ3n) is 10.3. The quantitative estimate of drug-likeness (QED) is 0.293. The molecular weight excluding hydrogens is 610 g/mol. The van der Waals surface area contributed by atoms with Gasteiger partial charge in [-0.05, 0) is 54.6 Å². The van der Waals surface area contributed by atoms with Crippen LogP contribution in [0.4, 0.5) is 14.6 Å². The van der Waals surface area contributed by atoms with Crippen molar-refractivity contribution in [3.8, 4) is 35.2 Å². The standard InChI is InChI=1S/C35H34F2N4O4S/c1-2-22-5-3-6-23-17-25(42)18-28(29(22)23)26-7-8-27-31(30(26)37)38-33(44-21-34-9-4-12-41(34)20-24(36)19-34)39-32(27)40-13-10-35(11-14-40)45-15-16-46(35)43/h1,3,5-8,17-18,24,42H,4,9-16,19-21H2/t24-,34+,46?/m1/s1. The Hall–Kier alpha value is -3.85. The summed E-state index contributed by atoms with van der Waals surface area (Å²) in [5, 5.41) is 12.4. The number of aromatic hydroxyl groups is 1. The van der Waals surface area contributed by atoms with E-state index >= 15 is 4.39 Å². The van der Waals surface area contributed by atoms with Crippen molar-refractivity contribution in [1.29, 1.82) is 0 Å². The highest BCUT2D eigenvalue weighted by Crippen LogP contribution is 2.43. The molecule has 0 bridgehead atoms. The molecular formula is C35H34F2N4O4S. The lowest BCUT2D eigenvalue weighted by Crippen LogP contribution is -2.46. The summed E-state index contributed by atoms with van der Waals surface area (Å²) >= 11 is 0. The van der Waals surface area contributed by atoms with Crippen LogP contribution in [-0.2, 0) is 15.5 Å². The molecule has 3 atom stereocenters. The molecule has 3 aromatic carbocycles. The van der Waals surface area contributed by atoms with Gasteiger partial charge >= 0.3 is 6.01 Å². The predicted octanol–water partition coefficient (Wildman–Crippen LogP) is 5.31. The first-order valence-electron chi connectivity index (χ1n) is 15.8. The lowest BCUT2D eigenvalue weighted by molar-refractivity contribution is 0.0309. The van der Waals surface area contributed by atoms with Crippen LogP contribution in [0.2, 0.25) is 0 Å². The van der Waals surface area contributed by atoms with Crippen molar-refractivity contribution in [2.75, 3.05) is 50.0 Å². The number of nitrogens with zero attached hydrogens (tertiary/aromatic N) is 4. The summed E-state index contributed by atoms with van der Waals surface area (Å²) in [4.78, 5) is 13.0. The molecule has 0 saturated carbocycles. The number of anilines is 1. The van der Waals surface area contributed by atoms with Gasteiger partial charge in [-0.2, -0.15) is 9.97 Å². The summed E-state index contributed by atoms with van der Waals surface area (Å²) < 4.78 is 56.3.